The van der Waals surface area contributed by atoms with E-state index in [1.54, 1.807) is 12.4 Å². The fraction of sp³-hybridized carbons (Fsp3) is 0.250. The van der Waals surface area contributed by atoms with Gasteiger partial charge in [-0.2, -0.15) is 4.98 Å². The van der Waals surface area contributed by atoms with Crippen LogP contribution in [0.3, 0.4) is 0 Å². The van der Waals surface area contributed by atoms with E-state index in [1.165, 1.54) is 0 Å². The number of nitrogens with zero attached hydrogens (tertiary/aromatic N) is 4. The number of hydrogen-bond acceptors (Lipinski definition) is 5. The third-order valence-electron chi connectivity index (χ3n) is 2.47. The van der Waals surface area contributed by atoms with Gasteiger partial charge in [0.25, 0.3) is 0 Å². The Bertz CT molecular complexity index is 498. The van der Waals surface area contributed by atoms with Crippen molar-refractivity contribution in [3.05, 3.63) is 41.9 Å². The van der Waals surface area contributed by atoms with Gasteiger partial charge in [0.05, 0.1) is 0 Å². The zero-order valence-electron chi connectivity index (χ0n) is 9.96. The minimum atomic E-state index is 0.295. The van der Waals surface area contributed by atoms with Gasteiger partial charge in [0, 0.05) is 37.7 Å². The van der Waals surface area contributed by atoms with Crippen molar-refractivity contribution in [3.63, 3.8) is 0 Å². The van der Waals surface area contributed by atoms with Crippen molar-refractivity contribution in [2.24, 2.45) is 0 Å². The standard InChI is InChI=1S/C12H15N5/c1-9-6-15-12(13)16-11(9)17(2)8-10-4-3-5-14-7-10/h3-7H,8H2,1-2H3,(H2,13,15,16). The molecule has 2 heterocycles. The second-order valence-corrected chi connectivity index (χ2v) is 3.95. The molecule has 0 saturated carbocycles. The molecule has 2 N–H and O–H groups in total. The van der Waals surface area contributed by atoms with E-state index in [1.807, 2.05) is 37.2 Å². The van der Waals surface area contributed by atoms with Crippen LogP contribution in [0.1, 0.15) is 11.1 Å². The van der Waals surface area contributed by atoms with Crippen molar-refractivity contribution >= 4 is 11.8 Å². The van der Waals surface area contributed by atoms with E-state index < -0.39 is 0 Å². The number of hydrogen-bond donors (Lipinski definition) is 1. The van der Waals surface area contributed by atoms with Gasteiger partial charge in [0.2, 0.25) is 5.95 Å². The molecule has 0 saturated heterocycles. The van der Waals surface area contributed by atoms with Gasteiger partial charge in [-0.05, 0) is 18.6 Å². The molecule has 0 aliphatic rings. The minimum Gasteiger partial charge on any atom is -0.368 e. The zero-order chi connectivity index (χ0) is 12.3. The smallest absolute Gasteiger partial charge is 0.221 e. The number of nitrogens with two attached hydrogens (primary N) is 1. The predicted molar refractivity (Wildman–Crippen MR) is 67.5 cm³/mol. The summed E-state index contributed by atoms with van der Waals surface area (Å²) in [6, 6.07) is 3.95. The van der Waals surface area contributed by atoms with E-state index in [9.17, 15) is 0 Å². The van der Waals surface area contributed by atoms with Gasteiger partial charge < -0.3 is 10.6 Å². The third-order valence-corrected chi connectivity index (χ3v) is 2.47. The van der Waals surface area contributed by atoms with Gasteiger partial charge in [0.15, 0.2) is 0 Å². The normalized spacial score (nSPS) is 10.2. The molecule has 0 unspecified atom stereocenters. The molecule has 0 spiro atoms. The zero-order valence-corrected chi connectivity index (χ0v) is 9.96. The van der Waals surface area contributed by atoms with E-state index in [4.69, 9.17) is 5.73 Å². The highest BCUT2D eigenvalue weighted by Gasteiger charge is 2.08. The van der Waals surface area contributed by atoms with Gasteiger partial charge >= 0.3 is 0 Å². The number of nitrogen functional groups attached to an aromatic ring is 1. The van der Waals surface area contributed by atoms with Crippen LogP contribution in [0.5, 0.6) is 0 Å². The van der Waals surface area contributed by atoms with Crippen molar-refractivity contribution in [3.8, 4) is 0 Å². The monoisotopic (exact) mass is 229 g/mol. The lowest BCUT2D eigenvalue weighted by Crippen LogP contribution is -2.19. The average molecular weight is 229 g/mol. The summed E-state index contributed by atoms with van der Waals surface area (Å²) in [5.74, 6) is 1.14. The maximum atomic E-state index is 5.60. The molecule has 0 fully saturated rings. The highest BCUT2D eigenvalue weighted by Crippen LogP contribution is 2.17. The molecule has 0 aromatic carbocycles. The van der Waals surface area contributed by atoms with E-state index in [0.29, 0.717) is 5.95 Å². The molecule has 2 rings (SSSR count). The van der Waals surface area contributed by atoms with Crippen molar-refractivity contribution in [2.75, 3.05) is 17.7 Å². The van der Waals surface area contributed by atoms with Gasteiger partial charge in [-0.3, -0.25) is 4.98 Å². The van der Waals surface area contributed by atoms with Crippen LogP contribution in [0.4, 0.5) is 11.8 Å². The molecule has 0 amide bonds. The van der Waals surface area contributed by atoms with Crippen LogP contribution in [-0.2, 0) is 6.54 Å². The molecular formula is C12H15N5. The lowest BCUT2D eigenvalue weighted by molar-refractivity contribution is 0.880. The Kier molecular flexibility index (Phi) is 3.18. The highest BCUT2D eigenvalue weighted by molar-refractivity contribution is 5.47. The molecule has 17 heavy (non-hydrogen) atoms. The number of aromatic nitrogens is 3. The quantitative estimate of drug-likeness (QED) is 0.861. The maximum absolute atomic E-state index is 5.60. The van der Waals surface area contributed by atoms with E-state index in [2.05, 4.69) is 15.0 Å². The lowest BCUT2D eigenvalue weighted by atomic mass is 10.2. The Morgan fingerprint density at radius 3 is 2.88 bits per heavy atom. The number of rotatable bonds is 3. The third kappa shape index (κ3) is 2.69. The van der Waals surface area contributed by atoms with Crippen molar-refractivity contribution in [2.45, 2.75) is 13.5 Å². The fourth-order valence-corrected chi connectivity index (χ4v) is 1.67. The van der Waals surface area contributed by atoms with Crippen LogP contribution in [0.25, 0.3) is 0 Å². The number of aryl methyl sites for hydroxylation is 1. The molecule has 2 aromatic heterocycles. The predicted octanol–water partition coefficient (Wildman–Crippen LogP) is 1.40. The highest BCUT2D eigenvalue weighted by atomic mass is 15.2. The lowest BCUT2D eigenvalue weighted by Gasteiger charge is -2.19. The summed E-state index contributed by atoms with van der Waals surface area (Å²) in [5, 5.41) is 0. The molecule has 2 aromatic rings. The van der Waals surface area contributed by atoms with Crippen LogP contribution in [0.2, 0.25) is 0 Å². The summed E-state index contributed by atoms with van der Waals surface area (Å²) in [7, 11) is 1.97. The Morgan fingerprint density at radius 2 is 2.18 bits per heavy atom. The van der Waals surface area contributed by atoms with Crippen LogP contribution in [-0.4, -0.2) is 22.0 Å². The molecule has 0 aliphatic carbocycles. The first kappa shape index (κ1) is 11.3. The summed E-state index contributed by atoms with van der Waals surface area (Å²) >= 11 is 0. The van der Waals surface area contributed by atoms with E-state index >= 15 is 0 Å². The largest absolute Gasteiger partial charge is 0.368 e. The van der Waals surface area contributed by atoms with Gasteiger partial charge in [-0.25, -0.2) is 4.98 Å². The average Bonchev–Trinajstić information content (AvgIpc) is 2.33. The Labute approximate surface area is 100 Å². The van der Waals surface area contributed by atoms with Crippen LogP contribution in [0, 0.1) is 6.92 Å². The maximum Gasteiger partial charge on any atom is 0.221 e. The van der Waals surface area contributed by atoms with E-state index in [-0.39, 0.29) is 0 Å². The summed E-state index contributed by atoms with van der Waals surface area (Å²) in [4.78, 5) is 14.3. The second kappa shape index (κ2) is 4.78. The Balaban J connectivity index is 2.20. The van der Waals surface area contributed by atoms with E-state index in [0.717, 1.165) is 23.5 Å². The first-order valence-corrected chi connectivity index (χ1v) is 5.36. The molecule has 5 nitrogen and oxygen atoms in total. The summed E-state index contributed by atoms with van der Waals surface area (Å²) in [6.45, 7) is 2.71. The molecule has 5 heteroatoms. The Morgan fingerprint density at radius 1 is 1.35 bits per heavy atom. The number of pyridine rings is 1. The molecule has 88 valence electrons. The molecule has 0 bridgehead atoms. The first-order chi connectivity index (χ1) is 8.16. The Hall–Kier alpha value is -2.17. The molecule has 0 radical (unpaired) electrons. The minimum absolute atomic E-state index is 0.295. The summed E-state index contributed by atoms with van der Waals surface area (Å²) in [6.07, 6.45) is 5.34. The molecule has 0 aliphatic heterocycles. The first-order valence-electron chi connectivity index (χ1n) is 5.36. The number of anilines is 2. The van der Waals surface area contributed by atoms with Crippen LogP contribution >= 0.6 is 0 Å². The van der Waals surface area contributed by atoms with Gasteiger partial charge in [0.1, 0.15) is 5.82 Å². The van der Waals surface area contributed by atoms with Crippen molar-refractivity contribution < 1.29 is 0 Å². The SMILES string of the molecule is Cc1cnc(N)nc1N(C)Cc1cccnc1. The van der Waals surface area contributed by atoms with Crippen LogP contribution < -0.4 is 10.6 Å². The summed E-state index contributed by atoms with van der Waals surface area (Å²) < 4.78 is 0. The van der Waals surface area contributed by atoms with Crippen LogP contribution in [0.15, 0.2) is 30.7 Å². The topological polar surface area (TPSA) is 67.9 Å². The summed E-state index contributed by atoms with van der Waals surface area (Å²) in [5.41, 5.74) is 7.73. The fourth-order valence-electron chi connectivity index (χ4n) is 1.67. The van der Waals surface area contributed by atoms with Gasteiger partial charge in [-0.15, -0.1) is 0 Å². The second-order valence-electron chi connectivity index (χ2n) is 3.95. The van der Waals surface area contributed by atoms with Gasteiger partial charge in [-0.1, -0.05) is 6.07 Å². The molecular weight excluding hydrogens is 214 g/mol. The van der Waals surface area contributed by atoms with Crippen molar-refractivity contribution in [1.29, 1.82) is 0 Å². The molecule has 0 atom stereocenters. The van der Waals surface area contributed by atoms with Crippen molar-refractivity contribution in [1.82, 2.24) is 15.0 Å².